The maximum atomic E-state index is 8.88. The van der Waals surface area contributed by atoms with Gasteiger partial charge in [-0.05, 0) is 27.2 Å². The number of rotatable bonds is 3. The van der Waals surface area contributed by atoms with Crippen LogP contribution in [0.3, 0.4) is 0 Å². The molecule has 0 aromatic rings. The molecule has 3 heteroatoms. The molecule has 0 aliphatic heterocycles. The monoisotopic (exact) mass is 162 g/mol. The van der Waals surface area contributed by atoms with E-state index >= 15 is 0 Å². The summed E-state index contributed by atoms with van der Waals surface area (Å²) in [5.74, 6) is 0. The zero-order chi connectivity index (χ0) is 9.83. The maximum Gasteiger partial charge on any atom is 0.103 e. The molecule has 0 rings (SSSR count). The third-order valence-electron chi connectivity index (χ3n) is 2.19. The van der Waals surface area contributed by atoms with Crippen LogP contribution in [-0.2, 0) is 0 Å². The van der Waals surface area contributed by atoms with Gasteiger partial charge in [0.15, 0.2) is 0 Å². The molecule has 64 valence electrons. The van der Waals surface area contributed by atoms with Crippen molar-refractivity contribution in [3.05, 3.63) is 0 Å². The van der Waals surface area contributed by atoms with Gasteiger partial charge in [0.2, 0.25) is 0 Å². The van der Waals surface area contributed by atoms with Crippen LogP contribution in [0.25, 0.3) is 0 Å². The van der Waals surface area contributed by atoms with Crippen LogP contribution in [0.1, 0.15) is 27.2 Å². The lowest BCUT2D eigenvalue weighted by Crippen LogP contribution is -2.22. The molecule has 12 heavy (non-hydrogen) atoms. The van der Waals surface area contributed by atoms with Crippen LogP contribution >= 0.6 is 0 Å². The van der Waals surface area contributed by atoms with Gasteiger partial charge in [-0.1, -0.05) is 6.32 Å². The minimum Gasteiger partial charge on any atom is -0.198 e. The van der Waals surface area contributed by atoms with E-state index in [0.717, 1.165) is 6.32 Å². The molecular formula is C9H15BN2. The summed E-state index contributed by atoms with van der Waals surface area (Å²) < 4.78 is 0. The van der Waals surface area contributed by atoms with Crippen molar-refractivity contribution in [2.75, 3.05) is 0 Å². The first kappa shape index (κ1) is 11.0. The average molecular weight is 162 g/mol. The van der Waals surface area contributed by atoms with E-state index in [2.05, 4.69) is 12.1 Å². The molecule has 0 aromatic carbocycles. The lowest BCUT2D eigenvalue weighted by atomic mass is 9.69. The molecule has 0 radical (unpaired) electrons. The standard InChI is InChI=1S/C9H15BN2/c1-8(2,6-11)4-9(3,5-10)7-12/h4-5,10H2,1-3H3. The highest BCUT2D eigenvalue weighted by Crippen LogP contribution is 2.34. The first-order valence-electron chi connectivity index (χ1n) is 4.21. The van der Waals surface area contributed by atoms with Crippen LogP contribution in [-0.4, -0.2) is 7.85 Å². The third-order valence-corrected chi connectivity index (χ3v) is 2.19. The Morgan fingerprint density at radius 2 is 1.67 bits per heavy atom. The van der Waals surface area contributed by atoms with E-state index < -0.39 is 0 Å². The van der Waals surface area contributed by atoms with Gasteiger partial charge >= 0.3 is 0 Å². The van der Waals surface area contributed by atoms with Gasteiger partial charge in [-0.15, -0.1) is 0 Å². The summed E-state index contributed by atoms with van der Waals surface area (Å²) in [4.78, 5) is 0. The first-order valence-corrected chi connectivity index (χ1v) is 4.21. The van der Waals surface area contributed by atoms with E-state index in [1.807, 2.05) is 28.6 Å². The smallest absolute Gasteiger partial charge is 0.103 e. The lowest BCUT2D eigenvalue weighted by Gasteiger charge is -2.26. The number of hydrogen-bond donors (Lipinski definition) is 0. The predicted octanol–water partition coefficient (Wildman–Crippen LogP) is 1.51. The minimum absolute atomic E-state index is 0.348. The molecule has 0 fully saturated rings. The van der Waals surface area contributed by atoms with Crippen LogP contribution in [0.15, 0.2) is 0 Å². The second-order valence-corrected chi connectivity index (χ2v) is 4.20. The fourth-order valence-electron chi connectivity index (χ4n) is 1.26. The van der Waals surface area contributed by atoms with Crippen molar-refractivity contribution in [2.45, 2.75) is 33.5 Å². The Labute approximate surface area is 75.6 Å². The summed E-state index contributed by atoms with van der Waals surface area (Å²) in [6.07, 6.45) is 1.44. The molecule has 1 unspecified atom stereocenters. The molecule has 0 saturated heterocycles. The molecule has 2 nitrogen and oxygen atoms in total. The highest BCUT2D eigenvalue weighted by molar-refractivity contribution is 6.09. The highest BCUT2D eigenvalue weighted by Gasteiger charge is 2.30. The van der Waals surface area contributed by atoms with Crippen molar-refractivity contribution in [2.24, 2.45) is 10.8 Å². The average Bonchev–Trinajstić information content (AvgIpc) is 2.04. The summed E-state index contributed by atoms with van der Waals surface area (Å²) >= 11 is 0. The number of nitrogens with zero attached hydrogens (tertiary/aromatic N) is 2. The van der Waals surface area contributed by atoms with Crippen LogP contribution in [0.2, 0.25) is 6.32 Å². The molecule has 0 amide bonds. The van der Waals surface area contributed by atoms with E-state index in [0.29, 0.717) is 6.42 Å². The minimum atomic E-state index is -0.388. The Balaban J connectivity index is 4.46. The molecule has 0 bridgehead atoms. The van der Waals surface area contributed by atoms with Crippen LogP contribution in [0.4, 0.5) is 0 Å². The molecule has 0 heterocycles. The van der Waals surface area contributed by atoms with E-state index in [-0.39, 0.29) is 10.8 Å². The summed E-state index contributed by atoms with van der Waals surface area (Å²) in [6.45, 7) is 5.66. The van der Waals surface area contributed by atoms with Crippen molar-refractivity contribution < 1.29 is 0 Å². The van der Waals surface area contributed by atoms with Gasteiger partial charge in [0.25, 0.3) is 0 Å². The van der Waals surface area contributed by atoms with Crippen molar-refractivity contribution in [1.82, 2.24) is 0 Å². The maximum absolute atomic E-state index is 8.88. The zero-order valence-electron chi connectivity index (χ0n) is 8.31. The van der Waals surface area contributed by atoms with Gasteiger partial charge in [-0.25, -0.2) is 0 Å². The normalized spacial score (nSPS) is 15.8. The molecule has 0 spiro atoms. The summed E-state index contributed by atoms with van der Waals surface area (Å²) in [5.41, 5.74) is -0.736. The first-order chi connectivity index (χ1) is 5.39. The van der Waals surface area contributed by atoms with Gasteiger partial charge in [-0.3, -0.25) is 0 Å². The Morgan fingerprint density at radius 1 is 1.17 bits per heavy atom. The molecule has 1 atom stereocenters. The van der Waals surface area contributed by atoms with E-state index in [4.69, 9.17) is 10.5 Å². The quantitative estimate of drug-likeness (QED) is 0.590. The fourth-order valence-corrected chi connectivity index (χ4v) is 1.26. The van der Waals surface area contributed by atoms with Crippen LogP contribution in [0.5, 0.6) is 0 Å². The summed E-state index contributed by atoms with van der Waals surface area (Å²) in [7, 11) is 1.98. The van der Waals surface area contributed by atoms with Crippen LogP contribution in [0, 0.1) is 33.5 Å². The summed E-state index contributed by atoms with van der Waals surface area (Å²) in [5, 5.41) is 17.7. The van der Waals surface area contributed by atoms with Gasteiger partial charge in [0, 0.05) is 5.41 Å². The second kappa shape index (κ2) is 3.63. The Hall–Kier alpha value is -0.955. The zero-order valence-corrected chi connectivity index (χ0v) is 8.31. The summed E-state index contributed by atoms with van der Waals surface area (Å²) in [6, 6.07) is 4.48. The molecule has 0 aromatic heterocycles. The Kier molecular flexibility index (Phi) is 3.34. The molecule has 0 saturated carbocycles. The van der Waals surface area contributed by atoms with Gasteiger partial charge in [0.1, 0.15) is 7.85 Å². The SMILES string of the molecule is BCC(C)(C#N)CC(C)(C)C#N. The van der Waals surface area contributed by atoms with E-state index in [9.17, 15) is 0 Å². The number of hydrogen-bond acceptors (Lipinski definition) is 2. The lowest BCUT2D eigenvalue weighted by molar-refractivity contribution is 0.312. The van der Waals surface area contributed by atoms with Crippen LogP contribution < -0.4 is 0 Å². The molecular weight excluding hydrogens is 147 g/mol. The molecule has 0 aliphatic rings. The topological polar surface area (TPSA) is 47.6 Å². The highest BCUT2D eigenvalue weighted by atomic mass is 14.4. The Bertz CT molecular complexity index is 234. The van der Waals surface area contributed by atoms with Gasteiger partial charge < -0.3 is 0 Å². The van der Waals surface area contributed by atoms with E-state index in [1.165, 1.54) is 0 Å². The Morgan fingerprint density at radius 3 is 1.92 bits per heavy atom. The van der Waals surface area contributed by atoms with Crippen molar-refractivity contribution in [1.29, 1.82) is 10.5 Å². The molecule has 0 aliphatic carbocycles. The van der Waals surface area contributed by atoms with E-state index in [1.54, 1.807) is 0 Å². The number of nitriles is 2. The predicted molar refractivity (Wildman–Crippen MR) is 51.1 cm³/mol. The van der Waals surface area contributed by atoms with Gasteiger partial charge in [-0.2, -0.15) is 10.5 Å². The fraction of sp³-hybridized carbons (Fsp3) is 0.778. The van der Waals surface area contributed by atoms with Crippen molar-refractivity contribution in [3.8, 4) is 12.1 Å². The van der Waals surface area contributed by atoms with Gasteiger partial charge in [0.05, 0.1) is 17.6 Å². The largest absolute Gasteiger partial charge is 0.198 e. The van der Waals surface area contributed by atoms with Crippen molar-refractivity contribution in [3.63, 3.8) is 0 Å². The van der Waals surface area contributed by atoms with Crippen molar-refractivity contribution >= 4 is 7.85 Å². The molecule has 0 N–H and O–H groups in total. The third kappa shape index (κ3) is 2.97. The second-order valence-electron chi connectivity index (χ2n) is 4.20.